The van der Waals surface area contributed by atoms with Crippen molar-refractivity contribution < 1.29 is 15.0 Å². The van der Waals surface area contributed by atoms with Gasteiger partial charge < -0.3 is 15.5 Å². The number of aliphatic hydroxyl groups excluding tert-OH is 1. The summed E-state index contributed by atoms with van der Waals surface area (Å²) in [7, 11) is 0. The molecule has 4 heteroatoms. The van der Waals surface area contributed by atoms with Gasteiger partial charge in [-0.25, -0.2) is 0 Å². The van der Waals surface area contributed by atoms with Crippen molar-refractivity contribution >= 4 is 5.91 Å². The lowest BCUT2D eigenvalue weighted by atomic mass is 9.42. The Hall–Kier alpha value is -1.39. The third-order valence-corrected chi connectivity index (χ3v) is 7.18. The van der Waals surface area contributed by atoms with E-state index >= 15 is 0 Å². The molecule has 0 radical (unpaired) electrons. The molecule has 3 atom stereocenters. The maximum absolute atomic E-state index is 13.2. The van der Waals surface area contributed by atoms with Crippen LogP contribution >= 0.6 is 0 Å². The van der Waals surface area contributed by atoms with Gasteiger partial charge in [0.25, 0.3) is 0 Å². The van der Waals surface area contributed by atoms with Gasteiger partial charge in [0.15, 0.2) is 0 Å². The highest BCUT2D eigenvalue weighted by atomic mass is 16.3. The number of amides is 1. The Kier molecular flexibility index (Phi) is 4.20. The molecule has 3 N–H and O–H groups in total. The van der Waals surface area contributed by atoms with Gasteiger partial charge in [-0.15, -0.1) is 0 Å². The Balaban J connectivity index is 1.60. The van der Waals surface area contributed by atoms with Crippen LogP contribution in [0.1, 0.15) is 56.6 Å². The van der Waals surface area contributed by atoms with E-state index in [4.69, 9.17) is 0 Å². The maximum Gasteiger partial charge on any atom is 0.226 e. The van der Waals surface area contributed by atoms with E-state index in [9.17, 15) is 15.0 Å². The number of nitrogens with one attached hydrogen (secondary N) is 1. The quantitative estimate of drug-likeness (QED) is 0.759. The molecule has 1 aromatic carbocycles. The molecule has 1 aromatic rings. The summed E-state index contributed by atoms with van der Waals surface area (Å²) in [5.41, 5.74) is 1.25. The van der Waals surface area contributed by atoms with Crippen LogP contribution < -0.4 is 5.32 Å². The maximum atomic E-state index is 13.2. The van der Waals surface area contributed by atoms with Gasteiger partial charge in [0.05, 0.1) is 12.0 Å². The van der Waals surface area contributed by atoms with Crippen molar-refractivity contribution in [1.82, 2.24) is 5.32 Å². The Morgan fingerprint density at radius 2 is 1.81 bits per heavy atom. The second-order valence-corrected chi connectivity index (χ2v) is 9.73. The molecule has 4 fully saturated rings. The van der Waals surface area contributed by atoms with Crippen LogP contribution in [0, 0.1) is 24.2 Å². The summed E-state index contributed by atoms with van der Waals surface area (Å²) in [6.07, 6.45) is 6.54. The smallest absolute Gasteiger partial charge is 0.226 e. The van der Waals surface area contributed by atoms with Crippen molar-refractivity contribution in [2.24, 2.45) is 17.3 Å². The summed E-state index contributed by atoms with van der Waals surface area (Å²) in [5.74, 6) is 1.33. The molecule has 1 amide bonds. The van der Waals surface area contributed by atoms with Gasteiger partial charge in [0.2, 0.25) is 5.91 Å². The highest BCUT2D eigenvalue weighted by Gasteiger charge is 2.60. The fraction of sp³-hybridized carbons (Fsp3) is 0.682. The minimum atomic E-state index is -1.26. The first-order valence-electron chi connectivity index (χ1n) is 9.95. The molecule has 0 aliphatic heterocycles. The zero-order chi connectivity index (χ0) is 18.6. The molecule has 4 aliphatic carbocycles. The summed E-state index contributed by atoms with van der Waals surface area (Å²) in [4.78, 5) is 13.2. The van der Waals surface area contributed by atoms with Crippen LogP contribution in [0.25, 0.3) is 0 Å². The first-order valence-corrected chi connectivity index (χ1v) is 9.95. The molecular weight excluding hydrogens is 326 g/mol. The summed E-state index contributed by atoms with van der Waals surface area (Å²) >= 11 is 0. The lowest BCUT2D eigenvalue weighted by Gasteiger charge is -2.61. The average Bonchev–Trinajstić information content (AvgIpc) is 2.59. The molecule has 5 rings (SSSR count). The molecule has 3 unspecified atom stereocenters. The Morgan fingerprint density at radius 3 is 2.38 bits per heavy atom. The van der Waals surface area contributed by atoms with E-state index in [2.05, 4.69) is 36.5 Å². The number of carbonyl (C=O) groups is 1. The number of aliphatic hydroxyl groups is 2. The van der Waals surface area contributed by atoms with Gasteiger partial charge in [0, 0.05) is 6.54 Å². The third kappa shape index (κ3) is 2.97. The van der Waals surface area contributed by atoms with Crippen LogP contribution in [0.5, 0.6) is 0 Å². The van der Waals surface area contributed by atoms with E-state index in [0.29, 0.717) is 11.8 Å². The second kappa shape index (κ2) is 6.07. The second-order valence-electron chi connectivity index (χ2n) is 9.73. The summed E-state index contributed by atoms with van der Waals surface area (Å²) in [5, 5.41) is 22.3. The van der Waals surface area contributed by atoms with Crippen molar-refractivity contribution in [2.45, 2.75) is 63.4 Å². The van der Waals surface area contributed by atoms with Crippen LogP contribution in [0.15, 0.2) is 24.3 Å². The van der Waals surface area contributed by atoms with Gasteiger partial charge >= 0.3 is 0 Å². The first-order chi connectivity index (χ1) is 12.3. The molecule has 0 aromatic heterocycles. The van der Waals surface area contributed by atoms with Crippen LogP contribution in [0.3, 0.4) is 0 Å². The number of rotatable bonds is 5. The van der Waals surface area contributed by atoms with Crippen LogP contribution in [0.2, 0.25) is 0 Å². The van der Waals surface area contributed by atoms with E-state index in [1.54, 1.807) is 6.92 Å². The van der Waals surface area contributed by atoms with Crippen LogP contribution in [-0.4, -0.2) is 34.9 Å². The fourth-order valence-corrected chi connectivity index (χ4v) is 6.29. The standard InChI is InChI=1S/C22H31NO3/c1-15-3-5-18(6-4-15)21-8-16-7-17(9-21)11-22(10-16,12-21)19(25)23-13-20(2,26)14-24/h3-6,16-17,24,26H,7-14H2,1-2H3,(H,23,25). The third-order valence-electron chi connectivity index (χ3n) is 7.18. The number of carbonyl (C=O) groups excluding carboxylic acids is 1. The normalized spacial score (nSPS) is 37.4. The fourth-order valence-electron chi connectivity index (χ4n) is 6.29. The highest BCUT2D eigenvalue weighted by molar-refractivity contribution is 5.83. The summed E-state index contributed by atoms with van der Waals surface area (Å²) in [6, 6.07) is 8.92. The highest BCUT2D eigenvalue weighted by Crippen LogP contribution is 2.65. The van der Waals surface area contributed by atoms with Crippen molar-refractivity contribution in [3.05, 3.63) is 35.4 Å². The van der Waals surface area contributed by atoms with E-state index in [1.165, 1.54) is 30.4 Å². The van der Waals surface area contributed by atoms with Gasteiger partial charge in [-0.2, -0.15) is 0 Å². The SMILES string of the molecule is Cc1ccc(C23CC4CC(CC(C(=O)NCC(C)(O)CO)(C4)C2)C3)cc1. The van der Waals surface area contributed by atoms with Gasteiger partial charge in [0.1, 0.15) is 5.60 Å². The molecule has 4 bridgehead atoms. The van der Waals surface area contributed by atoms with Gasteiger partial charge in [-0.1, -0.05) is 29.8 Å². The molecule has 4 nitrogen and oxygen atoms in total. The van der Waals surface area contributed by atoms with Gasteiger partial charge in [-0.3, -0.25) is 4.79 Å². The molecule has 26 heavy (non-hydrogen) atoms. The number of hydrogen-bond donors (Lipinski definition) is 3. The summed E-state index contributed by atoms with van der Waals surface area (Å²) in [6.45, 7) is 3.43. The monoisotopic (exact) mass is 357 g/mol. The van der Waals surface area contributed by atoms with Crippen molar-refractivity contribution in [1.29, 1.82) is 0 Å². The van der Waals surface area contributed by atoms with E-state index in [1.807, 2.05) is 0 Å². The molecule has 4 aliphatic rings. The number of aryl methyl sites for hydroxylation is 1. The van der Waals surface area contributed by atoms with E-state index in [-0.39, 0.29) is 29.9 Å². The zero-order valence-electron chi connectivity index (χ0n) is 15.9. The Labute approximate surface area is 156 Å². The molecule has 0 spiro atoms. The van der Waals surface area contributed by atoms with Crippen molar-refractivity contribution in [2.75, 3.05) is 13.2 Å². The predicted molar refractivity (Wildman–Crippen MR) is 101 cm³/mol. The molecular formula is C22H31NO3. The average molecular weight is 357 g/mol. The van der Waals surface area contributed by atoms with Crippen molar-refractivity contribution in [3.8, 4) is 0 Å². The van der Waals surface area contributed by atoms with Gasteiger partial charge in [-0.05, 0) is 75.2 Å². The van der Waals surface area contributed by atoms with Crippen LogP contribution in [-0.2, 0) is 10.2 Å². The molecule has 4 saturated carbocycles. The molecule has 0 saturated heterocycles. The Bertz CT molecular complexity index is 680. The number of hydrogen-bond acceptors (Lipinski definition) is 3. The minimum absolute atomic E-state index is 0.0804. The van der Waals surface area contributed by atoms with E-state index in [0.717, 1.165) is 19.3 Å². The summed E-state index contributed by atoms with van der Waals surface area (Å²) < 4.78 is 0. The topological polar surface area (TPSA) is 69.6 Å². The lowest BCUT2D eigenvalue weighted by molar-refractivity contribution is -0.150. The predicted octanol–water partition coefficient (Wildman–Crippen LogP) is 2.69. The Morgan fingerprint density at radius 1 is 1.19 bits per heavy atom. The first kappa shape index (κ1) is 18.0. The molecule has 142 valence electrons. The van der Waals surface area contributed by atoms with Crippen molar-refractivity contribution in [3.63, 3.8) is 0 Å². The van der Waals surface area contributed by atoms with Crippen LogP contribution in [0.4, 0.5) is 0 Å². The largest absolute Gasteiger partial charge is 0.393 e. The zero-order valence-corrected chi connectivity index (χ0v) is 15.9. The minimum Gasteiger partial charge on any atom is -0.393 e. The molecule has 0 heterocycles. The lowest BCUT2D eigenvalue weighted by Crippen LogP contribution is -2.60. The number of benzene rings is 1. The van der Waals surface area contributed by atoms with E-state index < -0.39 is 5.60 Å².